The highest BCUT2D eigenvalue weighted by molar-refractivity contribution is 5.79. The van der Waals surface area contributed by atoms with Crippen LogP contribution in [-0.4, -0.2) is 110 Å². The summed E-state index contributed by atoms with van der Waals surface area (Å²) in [7, 11) is 0. The Kier molecular flexibility index (Phi) is 6.09. The van der Waals surface area contributed by atoms with Crippen LogP contribution in [0.1, 0.15) is 0 Å². The summed E-state index contributed by atoms with van der Waals surface area (Å²) < 4.78 is 15.0. The molecule has 0 saturated carbocycles. The fraction of sp³-hybridized carbons (Fsp3) is 0.917. The first kappa shape index (κ1) is 19.4. The van der Waals surface area contributed by atoms with E-state index in [9.17, 15) is 35.4 Å². The molecule has 2 saturated heterocycles. The molecule has 0 bridgehead atoms. The van der Waals surface area contributed by atoms with Crippen molar-refractivity contribution in [2.45, 2.75) is 61.4 Å². The van der Waals surface area contributed by atoms with Gasteiger partial charge in [0.15, 0.2) is 18.7 Å². The lowest BCUT2D eigenvalue weighted by Gasteiger charge is -2.44. The van der Waals surface area contributed by atoms with Crippen molar-refractivity contribution in [3.8, 4) is 0 Å². The van der Waals surface area contributed by atoms with Gasteiger partial charge in [-0.3, -0.25) is 4.79 Å². The molecule has 0 aromatic carbocycles. The lowest BCUT2D eigenvalue weighted by Crippen LogP contribution is -2.65. The Morgan fingerprint density at radius 3 is 2.08 bits per heavy atom. The van der Waals surface area contributed by atoms with Crippen molar-refractivity contribution in [2.75, 3.05) is 6.61 Å². The number of carbonyl (C=O) groups is 1. The molecule has 24 heavy (non-hydrogen) atoms. The zero-order valence-corrected chi connectivity index (χ0v) is 12.3. The second-order valence-corrected chi connectivity index (χ2v) is 5.63. The third-order valence-electron chi connectivity index (χ3n) is 3.98. The highest BCUT2D eigenvalue weighted by Crippen LogP contribution is 2.28. The Morgan fingerprint density at radius 2 is 1.54 bits per heavy atom. The van der Waals surface area contributed by atoms with Gasteiger partial charge in [-0.25, -0.2) is 0 Å². The lowest BCUT2D eigenvalue weighted by molar-refractivity contribution is -0.349. The van der Waals surface area contributed by atoms with E-state index in [1.807, 2.05) is 0 Å². The van der Waals surface area contributed by atoms with Crippen molar-refractivity contribution in [1.82, 2.24) is 0 Å². The minimum Gasteiger partial charge on any atom is -0.394 e. The van der Waals surface area contributed by atoms with Crippen molar-refractivity contribution in [1.29, 1.82) is 0 Å². The van der Waals surface area contributed by atoms with Crippen LogP contribution in [0, 0.1) is 0 Å². The van der Waals surface area contributed by atoms with Gasteiger partial charge in [-0.05, 0) is 0 Å². The van der Waals surface area contributed by atoms with Crippen LogP contribution in [0.25, 0.3) is 0 Å². The number of hydrogen-bond donors (Lipinski definition) is 8. The molecule has 140 valence electrons. The lowest BCUT2D eigenvalue weighted by atomic mass is 9.96. The van der Waals surface area contributed by atoms with Gasteiger partial charge in [0.05, 0.1) is 6.61 Å². The van der Waals surface area contributed by atoms with Gasteiger partial charge in [0.25, 0.3) is 0 Å². The summed E-state index contributed by atoms with van der Waals surface area (Å²) in [5.41, 5.74) is 5.09. The molecule has 2 rings (SSSR count). The summed E-state index contributed by atoms with van der Waals surface area (Å²) in [6.07, 6.45) is -17.0. The molecular formula is C12H21NO11. The molecule has 0 aromatic heterocycles. The van der Waals surface area contributed by atoms with E-state index in [0.29, 0.717) is 0 Å². The van der Waals surface area contributed by atoms with E-state index in [-0.39, 0.29) is 0 Å². The van der Waals surface area contributed by atoms with Gasteiger partial charge >= 0.3 is 0 Å². The van der Waals surface area contributed by atoms with Gasteiger partial charge in [0.2, 0.25) is 5.91 Å². The molecule has 1 unspecified atom stereocenters. The average Bonchev–Trinajstić information content (AvgIpc) is 2.54. The maximum Gasteiger partial charge on any atom is 0.249 e. The SMILES string of the molecule is NC(=O)[C@H]1OC(O)[C@H](O)[C@@H](O)[C@@H]1O[C@@H]1O[C@H](CO)[C@@H](O)[C@H](O)[C@H]1O. The zero-order valence-electron chi connectivity index (χ0n) is 12.3. The van der Waals surface area contributed by atoms with Gasteiger partial charge in [0.1, 0.15) is 42.7 Å². The molecule has 2 aliphatic rings. The average molecular weight is 355 g/mol. The number of aliphatic hydroxyl groups is 7. The van der Waals surface area contributed by atoms with E-state index < -0.39 is 73.9 Å². The largest absolute Gasteiger partial charge is 0.394 e. The van der Waals surface area contributed by atoms with Crippen molar-refractivity contribution in [3.63, 3.8) is 0 Å². The van der Waals surface area contributed by atoms with Crippen LogP contribution >= 0.6 is 0 Å². The first-order chi connectivity index (χ1) is 11.2. The van der Waals surface area contributed by atoms with Crippen molar-refractivity contribution in [2.24, 2.45) is 5.73 Å². The highest BCUT2D eigenvalue weighted by Gasteiger charge is 2.51. The minimum atomic E-state index is -1.90. The molecule has 12 nitrogen and oxygen atoms in total. The number of ether oxygens (including phenoxy) is 3. The van der Waals surface area contributed by atoms with Crippen LogP contribution in [0.2, 0.25) is 0 Å². The summed E-state index contributed by atoms with van der Waals surface area (Å²) in [5, 5.41) is 67.4. The van der Waals surface area contributed by atoms with Crippen molar-refractivity contribution < 1.29 is 54.8 Å². The third-order valence-corrected chi connectivity index (χ3v) is 3.98. The van der Waals surface area contributed by atoms with Gasteiger partial charge in [-0.1, -0.05) is 0 Å². The monoisotopic (exact) mass is 355 g/mol. The zero-order chi connectivity index (χ0) is 18.2. The Morgan fingerprint density at radius 1 is 0.917 bits per heavy atom. The molecule has 0 aliphatic carbocycles. The Labute approximate surface area is 135 Å². The first-order valence-corrected chi connectivity index (χ1v) is 7.14. The molecule has 2 fully saturated rings. The van der Waals surface area contributed by atoms with Crippen LogP contribution < -0.4 is 5.73 Å². The normalized spacial score (nSPS) is 49.8. The Bertz CT molecular complexity index is 449. The fourth-order valence-electron chi connectivity index (χ4n) is 2.57. The predicted octanol–water partition coefficient (Wildman–Crippen LogP) is -5.90. The predicted molar refractivity (Wildman–Crippen MR) is 70.7 cm³/mol. The van der Waals surface area contributed by atoms with Crippen molar-refractivity contribution in [3.05, 3.63) is 0 Å². The molecule has 9 N–H and O–H groups in total. The topological polar surface area (TPSA) is 212 Å². The standard InChI is InChI=1S/C12H21NO11/c13-10(20)9-8(5(17)6(18)11(21)23-9)24-12-7(19)4(16)3(15)2(1-14)22-12/h2-9,11-12,14-19,21H,1H2,(H2,13,20)/t2-,3-,4+,5-,6-,7-,8+,9+,11?,12+/m1/s1. The van der Waals surface area contributed by atoms with Gasteiger partial charge in [0, 0.05) is 0 Å². The summed E-state index contributed by atoms with van der Waals surface area (Å²) in [6, 6.07) is 0. The number of nitrogens with two attached hydrogens (primary N) is 1. The Balaban J connectivity index is 2.18. The van der Waals surface area contributed by atoms with Gasteiger partial charge in [-0.15, -0.1) is 0 Å². The minimum absolute atomic E-state index is 0.713. The van der Waals surface area contributed by atoms with E-state index in [1.165, 1.54) is 0 Å². The molecule has 10 atom stereocenters. The summed E-state index contributed by atoms with van der Waals surface area (Å²) in [5.74, 6) is -1.13. The molecule has 2 heterocycles. The third kappa shape index (κ3) is 3.52. The molecule has 0 spiro atoms. The fourth-order valence-corrected chi connectivity index (χ4v) is 2.57. The quantitative estimate of drug-likeness (QED) is 0.238. The van der Waals surface area contributed by atoms with Gasteiger partial charge < -0.3 is 55.7 Å². The number of hydrogen-bond acceptors (Lipinski definition) is 11. The molecule has 0 radical (unpaired) electrons. The van der Waals surface area contributed by atoms with Gasteiger partial charge in [-0.2, -0.15) is 0 Å². The number of rotatable bonds is 4. The second kappa shape index (κ2) is 7.53. The van der Waals surface area contributed by atoms with Crippen LogP contribution in [-0.2, 0) is 19.0 Å². The van der Waals surface area contributed by atoms with Crippen LogP contribution in [0.5, 0.6) is 0 Å². The summed E-state index contributed by atoms with van der Waals surface area (Å²) in [6.45, 7) is -0.713. The number of primary amides is 1. The maximum absolute atomic E-state index is 11.4. The van der Waals surface area contributed by atoms with E-state index in [2.05, 4.69) is 0 Å². The molecule has 0 aromatic rings. The summed E-state index contributed by atoms with van der Waals surface area (Å²) in [4.78, 5) is 11.4. The molecule has 2 aliphatic heterocycles. The number of carbonyl (C=O) groups excluding carboxylic acids is 1. The molecular weight excluding hydrogens is 334 g/mol. The number of amides is 1. The van der Waals surface area contributed by atoms with Crippen molar-refractivity contribution >= 4 is 5.91 Å². The number of aliphatic hydroxyl groups excluding tert-OH is 7. The van der Waals surface area contributed by atoms with E-state index in [4.69, 9.17) is 25.1 Å². The maximum atomic E-state index is 11.4. The van der Waals surface area contributed by atoms with Crippen LogP contribution in [0.3, 0.4) is 0 Å². The smallest absolute Gasteiger partial charge is 0.249 e. The second-order valence-electron chi connectivity index (χ2n) is 5.63. The molecule has 1 amide bonds. The van der Waals surface area contributed by atoms with E-state index in [1.54, 1.807) is 0 Å². The highest BCUT2D eigenvalue weighted by atomic mass is 16.7. The van der Waals surface area contributed by atoms with E-state index >= 15 is 0 Å². The summed E-state index contributed by atoms with van der Waals surface area (Å²) >= 11 is 0. The van der Waals surface area contributed by atoms with Crippen LogP contribution in [0.15, 0.2) is 0 Å². The van der Waals surface area contributed by atoms with Crippen LogP contribution in [0.4, 0.5) is 0 Å². The van der Waals surface area contributed by atoms with E-state index in [0.717, 1.165) is 0 Å². The molecule has 12 heteroatoms. The Hall–Kier alpha value is -0.930. The first-order valence-electron chi connectivity index (χ1n) is 7.14.